The number of carbonyl (C=O) groups is 1. The fraction of sp³-hybridized carbons (Fsp3) is 0.355. The number of methoxy groups -OCH3 is 1. The molecule has 40 heavy (non-hydrogen) atoms. The number of para-hydroxylation sites is 1. The molecular formula is C31H35N3O5S. The highest BCUT2D eigenvalue weighted by atomic mass is 32.2. The van der Waals surface area contributed by atoms with Crippen LogP contribution in [0.5, 0.6) is 0 Å². The molecule has 0 saturated carbocycles. The maximum absolute atomic E-state index is 13.6. The maximum atomic E-state index is 13.6. The number of ether oxygens (including phenoxy) is 1. The van der Waals surface area contributed by atoms with Gasteiger partial charge in [0.15, 0.2) is 0 Å². The fourth-order valence-electron chi connectivity index (χ4n) is 5.11. The number of aliphatic hydroxyl groups excluding tert-OH is 1. The Morgan fingerprint density at radius 3 is 2.65 bits per heavy atom. The first kappa shape index (κ1) is 28.2. The monoisotopic (exact) mass is 561 g/mol. The minimum absolute atomic E-state index is 0.0698. The number of carbonyl (C=O) groups excluding carboxylic acids is 1. The van der Waals surface area contributed by atoms with Gasteiger partial charge < -0.3 is 19.6 Å². The van der Waals surface area contributed by atoms with E-state index in [1.807, 2.05) is 79.7 Å². The van der Waals surface area contributed by atoms with Crippen LogP contribution in [0.4, 0.5) is 0 Å². The number of amides is 1. The van der Waals surface area contributed by atoms with Crippen LogP contribution in [0.3, 0.4) is 0 Å². The molecule has 8 nitrogen and oxygen atoms in total. The Bertz CT molecular complexity index is 1530. The first-order valence-corrected chi connectivity index (χ1v) is 14.5. The summed E-state index contributed by atoms with van der Waals surface area (Å²) in [5.41, 5.74) is 5.19. The van der Waals surface area contributed by atoms with Gasteiger partial charge in [-0.3, -0.25) is 4.79 Å². The molecule has 5 rings (SSSR count). The number of aromatic nitrogens is 1. The zero-order chi connectivity index (χ0) is 28.4. The van der Waals surface area contributed by atoms with Crippen LogP contribution in [0, 0.1) is 0 Å². The largest absolute Gasteiger partial charge is 0.456 e. The smallest absolute Gasteiger partial charge is 0.269 e. The van der Waals surface area contributed by atoms with Crippen molar-refractivity contribution in [2.24, 2.45) is 0 Å². The lowest BCUT2D eigenvalue weighted by atomic mass is 9.95. The van der Waals surface area contributed by atoms with Gasteiger partial charge >= 0.3 is 0 Å². The molecule has 1 aliphatic rings. The zero-order valence-electron chi connectivity index (χ0n) is 23.3. The van der Waals surface area contributed by atoms with Crippen LogP contribution in [0.25, 0.3) is 33.6 Å². The Kier molecular flexibility index (Phi) is 8.19. The molecule has 4 aromatic rings. The van der Waals surface area contributed by atoms with Gasteiger partial charge in [-0.1, -0.05) is 36.4 Å². The number of rotatable bonds is 9. The minimum atomic E-state index is -1.34. The van der Waals surface area contributed by atoms with E-state index in [9.17, 15) is 14.1 Å². The Hall–Kier alpha value is -3.37. The van der Waals surface area contributed by atoms with E-state index in [4.69, 9.17) is 14.1 Å². The van der Waals surface area contributed by atoms with E-state index in [-0.39, 0.29) is 24.2 Å². The molecule has 2 aromatic heterocycles. The molecule has 210 valence electrons. The number of aliphatic hydroxyl groups is 1. The van der Waals surface area contributed by atoms with E-state index in [0.29, 0.717) is 31.8 Å². The molecule has 3 heterocycles. The van der Waals surface area contributed by atoms with E-state index in [2.05, 4.69) is 5.32 Å². The molecule has 0 aliphatic carbocycles. The summed E-state index contributed by atoms with van der Waals surface area (Å²) in [7, 11) is 0.242. The van der Waals surface area contributed by atoms with Crippen molar-refractivity contribution in [2.75, 3.05) is 26.9 Å². The van der Waals surface area contributed by atoms with Crippen molar-refractivity contribution < 1.29 is 23.3 Å². The molecule has 0 unspecified atom stereocenters. The molecule has 0 radical (unpaired) electrons. The Balaban J connectivity index is 1.64. The second kappa shape index (κ2) is 11.6. The van der Waals surface area contributed by atoms with Crippen LogP contribution in [0.2, 0.25) is 0 Å². The summed E-state index contributed by atoms with van der Waals surface area (Å²) in [6.45, 7) is 6.88. The molecule has 9 heteroatoms. The number of pyridine rings is 1. The summed E-state index contributed by atoms with van der Waals surface area (Å²) >= 11 is 0. The first-order chi connectivity index (χ1) is 19.2. The summed E-state index contributed by atoms with van der Waals surface area (Å²) in [6.07, 6.45) is 0.395. The van der Waals surface area contributed by atoms with Gasteiger partial charge in [-0.2, -0.15) is 0 Å². The molecule has 1 amide bonds. The van der Waals surface area contributed by atoms with Gasteiger partial charge in [-0.25, -0.2) is 13.5 Å². The molecule has 0 fully saturated rings. The van der Waals surface area contributed by atoms with Crippen LogP contribution >= 0.6 is 0 Å². The fourth-order valence-corrected chi connectivity index (χ4v) is 6.51. The van der Waals surface area contributed by atoms with Crippen LogP contribution in [-0.2, 0) is 22.3 Å². The Morgan fingerprint density at radius 1 is 1.15 bits per heavy atom. The number of hydrogen-bond acceptors (Lipinski definition) is 6. The normalized spacial score (nSPS) is 16.3. The lowest BCUT2D eigenvalue weighted by Gasteiger charge is -2.30. The molecule has 0 saturated heterocycles. The van der Waals surface area contributed by atoms with Crippen molar-refractivity contribution in [3.8, 4) is 22.6 Å². The third-order valence-corrected chi connectivity index (χ3v) is 8.82. The summed E-state index contributed by atoms with van der Waals surface area (Å²) in [6, 6.07) is 19.2. The summed E-state index contributed by atoms with van der Waals surface area (Å²) in [5.74, 6) is 0.430. The highest BCUT2D eigenvalue weighted by molar-refractivity contribution is 7.84. The van der Waals surface area contributed by atoms with Crippen molar-refractivity contribution in [2.45, 2.75) is 44.5 Å². The lowest BCUT2D eigenvalue weighted by Crippen LogP contribution is -2.36. The second-order valence-corrected chi connectivity index (χ2v) is 13.1. The van der Waals surface area contributed by atoms with Crippen LogP contribution < -0.4 is 5.32 Å². The quantitative estimate of drug-likeness (QED) is 0.271. The lowest BCUT2D eigenvalue weighted by molar-refractivity contribution is 0.0932. The number of fused-ring (bicyclic) bond motifs is 2. The van der Waals surface area contributed by atoms with Crippen molar-refractivity contribution >= 4 is 27.9 Å². The van der Waals surface area contributed by atoms with Crippen LogP contribution in [0.1, 0.15) is 54.8 Å². The third kappa shape index (κ3) is 5.60. The molecule has 1 aliphatic heterocycles. The van der Waals surface area contributed by atoms with E-state index >= 15 is 0 Å². The van der Waals surface area contributed by atoms with Gasteiger partial charge in [0.1, 0.15) is 28.0 Å². The summed E-state index contributed by atoms with van der Waals surface area (Å²) in [4.78, 5) is 18.0. The molecule has 0 bridgehead atoms. The predicted octanol–water partition coefficient (Wildman–Crippen LogP) is 5.24. The van der Waals surface area contributed by atoms with Crippen molar-refractivity contribution in [3.05, 3.63) is 77.5 Å². The molecule has 2 atom stereocenters. The minimum Gasteiger partial charge on any atom is -0.456 e. The van der Waals surface area contributed by atoms with E-state index in [1.165, 1.54) is 0 Å². The maximum Gasteiger partial charge on any atom is 0.269 e. The van der Waals surface area contributed by atoms with Crippen molar-refractivity contribution in [3.63, 3.8) is 0 Å². The Morgan fingerprint density at radius 2 is 1.93 bits per heavy atom. The third-order valence-electron chi connectivity index (χ3n) is 6.96. The van der Waals surface area contributed by atoms with Gasteiger partial charge in [0.05, 0.1) is 23.1 Å². The van der Waals surface area contributed by atoms with E-state index in [1.54, 1.807) is 13.2 Å². The summed E-state index contributed by atoms with van der Waals surface area (Å²) < 4.78 is 26.2. The number of nitrogens with zero attached hydrogens (tertiary/aromatic N) is 2. The number of benzene rings is 2. The molecule has 2 N–H and O–H groups in total. The van der Waals surface area contributed by atoms with Gasteiger partial charge in [-0.05, 0) is 57.0 Å². The van der Waals surface area contributed by atoms with E-state index < -0.39 is 15.7 Å². The molecule has 0 spiro atoms. The molecule has 2 aromatic carbocycles. The molecular weight excluding hydrogens is 526 g/mol. The van der Waals surface area contributed by atoms with Gasteiger partial charge in [0, 0.05) is 48.9 Å². The van der Waals surface area contributed by atoms with E-state index in [0.717, 1.165) is 39.0 Å². The first-order valence-electron chi connectivity index (χ1n) is 13.4. The van der Waals surface area contributed by atoms with Gasteiger partial charge in [0.2, 0.25) is 0 Å². The summed E-state index contributed by atoms with van der Waals surface area (Å²) in [5, 5.41) is 13.9. The average Bonchev–Trinajstić information content (AvgIpc) is 3.54. The predicted molar refractivity (Wildman–Crippen MR) is 157 cm³/mol. The number of hydrogen-bond donors (Lipinski definition) is 2. The standard InChI is InChI=1S/C31H35N3O5S/c1-31(2,3)40(37)34-19-23-17-24(30(36)32-13-15-38-4)33-29(28(23)25(34)12-14-35)22-10-7-9-20(16-22)27-18-21-8-5-6-11-26(21)39-27/h5-11,16-18,25,35H,12-15,19H2,1-4H3,(H,32,36)/t25-,40-/m1/s1. The van der Waals surface area contributed by atoms with Gasteiger partial charge in [0.25, 0.3) is 5.91 Å². The average molecular weight is 562 g/mol. The van der Waals surface area contributed by atoms with Crippen molar-refractivity contribution in [1.29, 1.82) is 0 Å². The Labute approximate surface area is 237 Å². The van der Waals surface area contributed by atoms with Crippen molar-refractivity contribution in [1.82, 2.24) is 14.6 Å². The van der Waals surface area contributed by atoms with Crippen LogP contribution in [0.15, 0.2) is 65.1 Å². The van der Waals surface area contributed by atoms with Crippen LogP contribution in [-0.4, -0.2) is 56.1 Å². The highest BCUT2D eigenvalue weighted by Gasteiger charge is 2.40. The topological polar surface area (TPSA) is 105 Å². The zero-order valence-corrected chi connectivity index (χ0v) is 24.1. The van der Waals surface area contributed by atoms with Gasteiger partial charge in [-0.15, -0.1) is 0 Å². The number of furan rings is 1. The highest BCUT2D eigenvalue weighted by Crippen LogP contribution is 2.44. The number of nitrogens with one attached hydrogen (secondary N) is 1. The SMILES string of the molecule is COCCNC(=O)c1cc2c(c(-c3cccc(-c4cc5ccccc5o4)c3)n1)[C@@H](CCO)N([S@](=O)C(C)(C)C)C2. The second-order valence-electron chi connectivity index (χ2n) is 10.9.